The number of benzene rings is 1. The van der Waals surface area contributed by atoms with Crippen LogP contribution in [-0.2, 0) is 6.42 Å². The van der Waals surface area contributed by atoms with Gasteiger partial charge in [0.05, 0.1) is 6.04 Å². The van der Waals surface area contributed by atoms with Gasteiger partial charge in [0.1, 0.15) is 11.6 Å². The third kappa shape index (κ3) is 3.34. The summed E-state index contributed by atoms with van der Waals surface area (Å²) in [7, 11) is 0. The van der Waals surface area contributed by atoms with Crippen LogP contribution in [0.4, 0.5) is 8.78 Å². The highest BCUT2D eigenvalue weighted by Gasteiger charge is 2.09. The first-order chi connectivity index (χ1) is 7.17. The highest BCUT2D eigenvalue weighted by molar-refractivity contribution is 5.21. The fourth-order valence-corrected chi connectivity index (χ4v) is 1.34. The molecule has 1 aromatic carbocycles. The molecule has 0 amide bonds. The zero-order chi connectivity index (χ0) is 11.3. The number of likely N-dealkylation sites (N-methyl/N-ethyl adjacent to an activating group) is 1. The van der Waals surface area contributed by atoms with Crippen LogP contribution >= 0.6 is 0 Å². The Morgan fingerprint density at radius 1 is 1.47 bits per heavy atom. The van der Waals surface area contributed by atoms with E-state index in [0.717, 1.165) is 12.6 Å². The highest BCUT2D eigenvalue weighted by atomic mass is 19.1. The second-order valence-corrected chi connectivity index (χ2v) is 3.22. The second-order valence-electron chi connectivity index (χ2n) is 3.22. The van der Waals surface area contributed by atoms with Gasteiger partial charge in [-0.25, -0.2) is 8.78 Å². The van der Waals surface area contributed by atoms with Crippen molar-refractivity contribution in [1.82, 2.24) is 5.32 Å². The highest BCUT2D eigenvalue weighted by Crippen LogP contribution is 2.11. The van der Waals surface area contributed by atoms with Crippen LogP contribution in [0, 0.1) is 24.0 Å². The van der Waals surface area contributed by atoms with Crippen molar-refractivity contribution in [1.29, 1.82) is 0 Å². The topological polar surface area (TPSA) is 12.0 Å². The lowest BCUT2D eigenvalue weighted by atomic mass is 10.1. The van der Waals surface area contributed by atoms with Crippen LogP contribution in [0.2, 0.25) is 0 Å². The summed E-state index contributed by atoms with van der Waals surface area (Å²) in [5.74, 6) is 1.40. The van der Waals surface area contributed by atoms with E-state index < -0.39 is 11.6 Å². The first kappa shape index (κ1) is 11.7. The van der Waals surface area contributed by atoms with Gasteiger partial charge in [-0.15, -0.1) is 6.42 Å². The van der Waals surface area contributed by atoms with E-state index in [2.05, 4.69) is 11.2 Å². The monoisotopic (exact) mass is 209 g/mol. The predicted octanol–water partition coefficient (Wildman–Crippen LogP) is 2.12. The molecule has 0 saturated carbocycles. The molecule has 1 atom stereocenters. The number of nitrogens with one attached hydrogen (secondary N) is 1. The molecule has 0 aliphatic carbocycles. The van der Waals surface area contributed by atoms with Crippen molar-refractivity contribution in [3.05, 3.63) is 35.4 Å². The predicted molar refractivity (Wildman–Crippen MR) is 56.4 cm³/mol. The number of hydrogen-bond acceptors (Lipinski definition) is 1. The van der Waals surface area contributed by atoms with Crippen molar-refractivity contribution in [3.63, 3.8) is 0 Å². The standard InChI is InChI=1S/C12H13F2N/c1-3-11(15-4-2)7-9-5-6-10(13)8-12(9)14/h1,5-6,8,11,15H,4,7H2,2H3. The molecule has 0 spiro atoms. The van der Waals surface area contributed by atoms with Crippen LogP contribution in [0.3, 0.4) is 0 Å². The van der Waals surface area contributed by atoms with E-state index in [0.29, 0.717) is 12.0 Å². The Balaban J connectivity index is 2.76. The van der Waals surface area contributed by atoms with Crippen molar-refractivity contribution in [2.45, 2.75) is 19.4 Å². The van der Waals surface area contributed by atoms with E-state index >= 15 is 0 Å². The van der Waals surface area contributed by atoms with Crippen LogP contribution in [-0.4, -0.2) is 12.6 Å². The maximum absolute atomic E-state index is 13.3. The third-order valence-corrected chi connectivity index (χ3v) is 2.09. The molecule has 1 rings (SSSR count). The first-order valence-electron chi connectivity index (χ1n) is 4.80. The average Bonchev–Trinajstić information content (AvgIpc) is 2.21. The summed E-state index contributed by atoms with van der Waals surface area (Å²) in [5, 5.41) is 3.03. The molecule has 15 heavy (non-hydrogen) atoms. The fraction of sp³-hybridized carbons (Fsp3) is 0.333. The average molecular weight is 209 g/mol. The van der Waals surface area contributed by atoms with E-state index in [9.17, 15) is 8.78 Å². The van der Waals surface area contributed by atoms with Gasteiger partial charge in [-0.05, 0) is 18.2 Å². The van der Waals surface area contributed by atoms with E-state index in [1.807, 2.05) is 6.92 Å². The number of hydrogen-bond donors (Lipinski definition) is 1. The normalized spacial score (nSPS) is 12.1. The van der Waals surface area contributed by atoms with Gasteiger partial charge in [0.2, 0.25) is 0 Å². The molecule has 0 aromatic heterocycles. The smallest absolute Gasteiger partial charge is 0.129 e. The molecule has 0 heterocycles. The van der Waals surface area contributed by atoms with E-state index in [1.165, 1.54) is 12.1 Å². The van der Waals surface area contributed by atoms with Crippen molar-refractivity contribution in [2.24, 2.45) is 0 Å². The van der Waals surface area contributed by atoms with Gasteiger partial charge < -0.3 is 5.32 Å². The Labute approximate surface area is 88.5 Å². The molecule has 0 fully saturated rings. The molecule has 0 radical (unpaired) electrons. The molecular weight excluding hydrogens is 196 g/mol. The molecule has 0 aliphatic rings. The molecule has 1 N–H and O–H groups in total. The molecule has 1 aromatic rings. The minimum Gasteiger partial charge on any atom is -0.304 e. The molecule has 0 bridgehead atoms. The Hall–Kier alpha value is -1.40. The molecular formula is C12H13F2N. The van der Waals surface area contributed by atoms with Gasteiger partial charge in [-0.2, -0.15) is 0 Å². The second kappa shape index (κ2) is 5.47. The van der Waals surface area contributed by atoms with E-state index in [4.69, 9.17) is 6.42 Å². The SMILES string of the molecule is C#CC(Cc1ccc(F)cc1F)NCC. The van der Waals surface area contributed by atoms with Gasteiger partial charge >= 0.3 is 0 Å². The van der Waals surface area contributed by atoms with Gasteiger partial charge in [0.15, 0.2) is 0 Å². The van der Waals surface area contributed by atoms with Crippen molar-refractivity contribution in [3.8, 4) is 12.3 Å². The van der Waals surface area contributed by atoms with Gasteiger partial charge in [0.25, 0.3) is 0 Å². The first-order valence-corrected chi connectivity index (χ1v) is 4.80. The van der Waals surface area contributed by atoms with Gasteiger partial charge in [-0.3, -0.25) is 0 Å². The lowest BCUT2D eigenvalue weighted by molar-refractivity contribution is 0.555. The zero-order valence-electron chi connectivity index (χ0n) is 8.56. The van der Waals surface area contributed by atoms with Crippen LogP contribution in [0.25, 0.3) is 0 Å². The Morgan fingerprint density at radius 3 is 2.73 bits per heavy atom. The lowest BCUT2D eigenvalue weighted by Crippen LogP contribution is -2.29. The molecule has 80 valence electrons. The summed E-state index contributed by atoms with van der Waals surface area (Å²) in [6, 6.07) is 3.31. The largest absolute Gasteiger partial charge is 0.304 e. The summed E-state index contributed by atoms with van der Waals surface area (Å²) in [5.41, 5.74) is 0.431. The Morgan fingerprint density at radius 2 is 2.20 bits per heavy atom. The van der Waals surface area contributed by atoms with Crippen molar-refractivity contribution >= 4 is 0 Å². The van der Waals surface area contributed by atoms with Crippen LogP contribution in [0.1, 0.15) is 12.5 Å². The van der Waals surface area contributed by atoms with E-state index in [-0.39, 0.29) is 6.04 Å². The van der Waals surface area contributed by atoms with E-state index in [1.54, 1.807) is 0 Å². The van der Waals surface area contributed by atoms with Gasteiger partial charge in [0, 0.05) is 12.5 Å². The number of halogens is 2. The number of terminal acetylenes is 1. The lowest BCUT2D eigenvalue weighted by Gasteiger charge is -2.11. The summed E-state index contributed by atoms with van der Waals surface area (Å²) >= 11 is 0. The summed E-state index contributed by atoms with van der Waals surface area (Å²) in [6.45, 7) is 2.64. The maximum atomic E-state index is 13.3. The van der Waals surface area contributed by atoms with Crippen LogP contribution in [0.15, 0.2) is 18.2 Å². The molecule has 1 unspecified atom stereocenters. The Kier molecular flexibility index (Phi) is 4.26. The molecule has 0 aliphatic heterocycles. The summed E-state index contributed by atoms with van der Waals surface area (Å²) in [6.07, 6.45) is 5.65. The molecule has 3 heteroatoms. The fourth-order valence-electron chi connectivity index (χ4n) is 1.34. The van der Waals surface area contributed by atoms with Gasteiger partial charge in [-0.1, -0.05) is 18.9 Å². The summed E-state index contributed by atoms with van der Waals surface area (Å²) < 4.78 is 25.9. The van der Waals surface area contributed by atoms with Crippen LogP contribution < -0.4 is 5.32 Å². The minimum absolute atomic E-state index is 0.213. The van der Waals surface area contributed by atoms with Crippen molar-refractivity contribution < 1.29 is 8.78 Å². The molecule has 1 nitrogen and oxygen atoms in total. The zero-order valence-corrected chi connectivity index (χ0v) is 8.56. The van der Waals surface area contributed by atoms with Crippen LogP contribution in [0.5, 0.6) is 0 Å². The Bertz CT molecular complexity index is 368. The van der Waals surface area contributed by atoms with Crippen molar-refractivity contribution in [2.75, 3.05) is 6.54 Å². The quantitative estimate of drug-likeness (QED) is 0.749. The number of rotatable bonds is 4. The maximum Gasteiger partial charge on any atom is 0.129 e. The summed E-state index contributed by atoms with van der Waals surface area (Å²) in [4.78, 5) is 0. The third-order valence-electron chi connectivity index (χ3n) is 2.09. The molecule has 0 saturated heterocycles. The minimum atomic E-state index is -0.572.